The van der Waals surface area contributed by atoms with Crippen molar-refractivity contribution >= 4 is 24.5 Å². The minimum absolute atomic E-state index is 0.0938. The summed E-state index contributed by atoms with van der Waals surface area (Å²) in [5.41, 5.74) is 1.67. The fourth-order valence-electron chi connectivity index (χ4n) is 3.98. The van der Waals surface area contributed by atoms with E-state index < -0.39 is 35.1 Å². The van der Waals surface area contributed by atoms with E-state index in [0.717, 1.165) is 23.7 Å². The lowest BCUT2D eigenvalue weighted by molar-refractivity contribution is -0.149. The van der Waals surface area contributed by atoms with E-state index in [1.165, 1.54) is 14.2 Å². The SMILES string of the molecule is COC(=O)CC(C=O)C1(C)CC(C(=O)OC)C(C=O)c2cc(C)ccc21. The summed E-state index contributed by atoms with van der Waals surface area (Å²) in [6, 6.07) is 5.64. The maximum atomic E-state index is 12.3. The van der Waals surface area contributed by atoms with Gasteiger partial charge in [0.2, 0.25) is 0 Å². The fraction of sp³-hybridized carbons (Fsp3) is 0.500. The van der Waals surface area contributed by atoms with E-state index in [9.17, 15) is 19.2 Å². The summed E-state index contributed by atoms with van der Waals surface area (Å²) in [4.78, 5) is 47.8. The molecule has 4 atom stereocenters. The zero-order chi connectivity index (χ0) is 19.5. The number of ether oxygens (including phenoxy) is 2. The monoisotopic (exact) mass is 360 g/mol. The molecule has 6 nitrogen and oxygen atoms in total. The molecule has 2 rings (SSSR count). The van der Waals surface area contributed by atoms with Gasteiger partial charge in [-0.05, 0) is 24.5 Å². The van der Waals surface area contributed by atoms with E-state index in [1.807, 2.05) is 32.0 Å². The molecule has 0 amide bonds. The Balaban J connectivity index is 2.64. The van der Waals surface area contributed by atoms with Gasteiger partial charge in [-0.3, -0.25) is 9.59 Å². The van der Waals surface area contributed by atoms with Gasteiger partial charge >= 0.3 is 11.9 Å². The Hall–Kier alpha value is -2.50. The molecule has 1 aliphatic rings. The van der Waals surface area contributed by atoms with Crippen LogP contribution >= 0.6 is 0 Å². The van der Waals surface area contributed by atoms with Gasteiger partial charge in [-0.1, -0.05) is 30.7 Å². The molecule has 0 N–H and O–H groups in total. The molecule has 1 aliphatic carbocycles. The second-order valence-corrected chi connectivity index (χ2v) is 7.03. The predicted molar refractivity (Wildman–Crippen MR) is 93.6 cm³/mol. The number of methoxy groups -OCH3 is 2. The molecule has 4 unspecified atom stereocenters. The molecule has 0 spiro atoms. The van der Waals surface area contributed by atoms with Crippen LogP contribution in [0.15, 0.2) is 18.2 Å². The molecule has 0 bridgehead atoms. The van der Waals surface area contributed by atoms with Crippen molar-refractivity contribution in [1.29, 1.82) is 0 Å². The van der Waals surface area contributed by atoms with Crippen LogP contribution in [0, 0.1) is 18.8 Å². The smallest absolute Gasteiger partial charge is 0.309 e. The van der Waals surface area contributed by atoms with Crippen molar-refractivity contribution in [1.82, 2.24) is 0 Å². The Morgan fingerprint density at radius 2 is 1.96 bits per heavy atom. The van der Waals surface area contributed by atoms with Crippen LogP contribution < -0.4 is 0 Å². The quantitative estimate of drug-likeness (QED) is 0.570. The Bertz CT molecular complexity index is 725. The topological polar surface area (TPSA) is 86.7 Å². The Labute approximate surface area is 152 Å². The van der Waals surface area contributed by atoms with Gasteiger partial charge in [0, 0.05) is 11.3 Å². The van der Waals surface area contributed by atoms with E-state index in [4.69, 9.17) is 9.47 Å². The lowest BCUT2D eigenvalue weighted by Crippen LogP contribution is -2.45. The highest BCUT2D eigenvalue weighted by Gasteiger charge is 2.49. The number of benzene rings is 1. The van der Waals surface area contributed by atoms with Crippen molar-refractivity contribution in [3.8, 4) is 0 Å². The van der Waals surface area contributed by atoms with Crippen LogP contribution in [0.4, 0.5) is 0 Å². The van der Waals surface area contributed by atoms with Gasteiger partial charge in [0.25, 0.3) is 0 Å². The van der Waals surface area contributed by atoms with Crippen LogP contribution in [0.2, 0.25) is 0 Å². The van der Waals surface area contributed by atoms with Gasteiger partial charge in [-0.15, -0.1) is 0 Å². The second kappa shape index (κ2) is 7.81. The minimum atomic E-state index is -0.794. The van der Waals surface area contributed by atoms with Crippen LogP contribution in [0.1, 0.15) is 42.4 Å². The molecule has 0 fully saturated rings. The van der Waals surface area contributed by atoms with Crippen molar-refractivity contribution in [2.45, 2.75) is 38.0 Å². The van der Waals surface area contributed by atoms with Crippen molar-refractivity contribution in [2.75, 3.05) is 14.2 Å². The molecule has 140 valence electrons. The number of hydrogen-bond donors (Lipinski definition) is 0. The third kappa shape index (κ3) is 3.41. The zero-order valence-electron chi connectivity index (χ0n) is 15.5. The molecule has 1 aromatic carbocycles. The molecular formula is C20H24O6. The number of esters is 2. The number of aryl methyl sites for hydroxylation is 1. The molecule has 1 aromatic rings. The molecule has 0 saturated carbocycles. The lowest BCUT2D eigenvalue weighted by atomic mass is 9.58. The normalized spacial score (nSPS) is 25.5. The summed E-state index contributed by atoms with van der Waals surface area (Å²) in [6.07, 6.45) is 1.63. The van der Waals surface area contributed by atoms with Gasteiger partial charge in [-0.25, -0.2) is 0 Å². The number of carbonyl (C=O) groups excluding carboxylic acids is 4. The summed E-state index contributed by atoms with van der Waals surface area (Å²) in [5, 5.41) is 0. The minimum Gasteiger partial charge on any atom is -0.469 e. The maximum Gasteiger partial charge on any atom is 0.309 e. The number of aldehydes is 2. The van der Waals surface area contributed by atoms with Crippen LogP contribution in [0.25, 0.3) is 0 Å². The molecule has 0 saturated heterocycles. The van der Waals surface area contributed by atoms with Crippen LogP contribution in [0.3, 0.4) is 0 Å². The first kappa shape index (κ1) is 19.8. The van der Waals surface area contributed by atoms with Crippen molar-refractivity contribution in [3.05, 3.63) is 34.9 Å². The first-order valence-electron chi connectivity index (χ1n) is 8.48. The van der Waals surface area contributed by atoms with Gasteiger partial charge in [0.1, 0.15) is 12.6 Å². The zero-order valence-corrected chi connectivity index (χ0v) is 15.5. The molecular weight excluding hydrogens is 336 g/mol. The van der Waals surface area contributed by atoms with Gasteiger partial charge in [-0.2, -0.15) is 0 Å². The van der Waals surface area contributed by atoms with Crippen molar-refractivity contribution in [2.24, 2.45) is 11.8 Å². The van der Waals surface area contributed by atoms with E-state index in [1.54, 1.807) is 0 Å². The average molecular weight is 360 g/mol. The molecule has 26 heavy (non-hydrogen) atoms. The number of rotatable bonds is 6. The largest absolute Gasteiger partial charge is 0.469 e. The van der Waals surface area contributed by atoms with Crippen LogP contribution in [-0.4, -0.2) is 38.7 Å². The van der Waals surface area contributed by atoms with E-state index in [-0.39, 0.29) is 12.8 Å². The van der Waals surface area contributed by atoms with Crippen molar-refractivity contribution in [3.63, 3.8) is 0 Å². The number of fused-ring (bicyclic) bond motifs is 1. The van der Waals surface area contributed by atoms with E-state index in [0.29, 0.717) is 5.56 Å². The summed E-state index contributed by atoms with van der Waals surface area (Å²) >= 11 is 0. The summed E-state index contributed by atoms with van der Waals surface area (Å²) in [7, 11) is 2.54. The lowest BCUT2D eigenvalue weighted by Gasteiger charge is -2.44. The summed E-state index contributed by atoms with van der Waals surface area (Å²) in [5.74, 6) is -3.03. The third-order valence-corrected chi connectivity index (χ3v) is 5.51. The molecule has 6 heteroatoms. The van der Waals surface area contributed by atoms with Crippen LogP contribution in [-0.2, 0) is 34.1 Å². The van der Waals surface area contributed by atoms with E-state index >= 15 is 0 Å². The number of hydrogen-bond acceptors (Lipinski definition) is 6. The highest BCUT2D eigenvalue weighted by atomic mass is 16.5. The summed E-state index contributed by atoms with van der Waals surface area (Å²) < 4.78 is 9.62. The molecule has 0 aromatic heterocycles. The van der Waals surface area contributed by atoms with Gasteiger partial charge in [0.05, 0.1) is 32.5 Å². The predicted octanol–water partition coefficient (Wildman–Crippen LogP) is 2.11. The first-order chi connectivity index (χ1) is 12.3. The fourth-order valence-corrected chi connectivity index (χ4v) is 3.98. The van der Waals surface area contributed by atoms with E-state index in [2.05, 4.69) is 0 Å². The highest BCUT2D eigenvalue weighted by molar-refractivity contribution is 5.82. The molecule has 0 aliphatic heterocycles. The second-order valence-electron chi connectivity index (χ2n) is 7.03. The summed E-state index contributed by atoms with van der Waals surface area (Å²) in [6.45, 7) is 3.74. The molecule has 0 radical (unpaired) electrons. The molecule has 0 heterocycles. The average Bonchev–Trinajstić information content (AvgIpc) is 2.64. The number of carbonyl (C=O) groups is 4. The van der Waals surface area contributed by atoms with Crippen molar-refractivity contribution < 1.29 is 28.7 Å². The first-order valence-corrected chi connectivity index (χ1v) is 8.48. The van der Waals surface area contributed by atoms with Gasteiger partial charge < -0.3 is 19.1 Å². The van der Waals surface area contributed by atoms with Gasteiger partial charge in [0.15, 0.2) is 0 Å². The Morgan fingerprint density at radius 1 is 1.27 bits per heavy atom. The third-order valence-electron chi connectivity index (χ3n) is 5.51. The highest BCUT2D eigenvalue weighted by Crippen LogP contribution is 2.50. The maximum absolute atomic E-state index is 12.3. The van der Waals surface area contributed by atoms with Crippen LogP contribution in [0.5, 0.6) is 0 Å². The Kier molecular flexibility index (Phi) is 5.95. The Morgan fingerprint density at radius 3 is 2.50 bits per heavy atom. The standard InChI is InChI=1S/C20H24O6/c1-12-5-6-17-14(7-12)16(11-22)15(19(24)26-4)9-20(17,2)13(10-21)8-18(23)25-3/h5-7,10-11,13,15-16H,8-9H2,1-4H3.